The zero-order valence-corrected chi connectivity index (χ0v) is 17.5. The van der Waals surface area contributed by atoms with Crippen molar-refractivity contribution in [3.05, 3.63) is 64.9 Å². The fraction of sp³-hybridized carbons (Fsp3) is 0.261. The highest BCUT2D eigenvalue weighted by atomic mass is 19.1. The van der Waals surface area contributed by atoms with Crippen LogP contribution in [0, 0.1) is 18.6 Å². The Hall–Kier alpha value is -3.75. The van der Waals surface area contributed by atoms with Crippen LogP contribution in [0.1, 0.15) is 24.0 Å². The van der Waals surface area contributed by atoms with Gasteiger partial charge in [0.15, 0.2) is 0 Å². The molecule has 0 saturated carbocycles. The highest BCUT2D eigenvalue weighted by Gasteiger charge is 2.35. The minimum Gasteiger partial charge on any atom is -0.369 e. The third-order valence-electron chi connectivity index (χ3n) is 5.47. The van der Waals surface area contributed by atoms with Gasteiger partial charge >= 0.3 is 6.03 Å². The molecule has 4 amide bonds. The molecular formula is C23H22F2N4O3. The van der Waals surface area contributed by atoms with Crippen molar-refractivity contribution in [1.82, 2.24) is 10.2 Å². The maximum absolute atomic E-state index is 14.7. The number of nitrogens with one attached hydrogen (secondary N) is 2. The summed E-state index contributed by atoms with van der Waals surface area (Å²) in [6, 6.07) is 7.44. The molecular weight excluding hydrogens is 418 g/mol. The highest BCUT2D eigenvalue weighted by Crippen LogP contribution is 2.28. The van der Waals surface area contributed by atoms with Gasteiger partial charge in [-0.25, -0.2) is 18.5 Å². The van der Waals surface area contributed by atoms with Gasteiger partial charge in [-0.15, -0.1) is 0 Å². The van der Waals surface area contributed by atoms with Gasteiger partial charge in [-0.2, -0.15) is 0 Å². The van der Waals surface area contributed by atoms with Gasteiger partial charge < -0.3 is 15.5 Å². The van der Waals surface area contributed by atoms with E-state index in [0.29, 0.717) is 16.9 Å². The molecule has 2 aliphatic heterocycles. The molecule has 0 spiro atoms. The number of carbonyl (C=O) groups excluding carboxylic acids is 3. The lowest BCUT2D eigenvalue weighted by Gasteiger charge is -2.19. The molecule has 2 aromatic rings. The van der Waals surface area contributed by atoms with Crippen molar-refractivity contribution in [3.8, 4) is 0 Å². The number of imide groups is 1. The lowest BCUT2D eigenvalue weighted by Crippen LogP contribution is -2.38. The van der Waals surface area contributed by atoms with Crippen LogP contribution in [0.4, 0.5) is 25.0 Å². The number of hydrogen-bond acceptors (Lipinski definition) is 4. The molecule has 32 heavy (non-hydrogen) atoms. The van der Waals surface area contributed by atoms with Crippen molar-refractivity contribution >= 4 is 35.3 Å². The van der Waals surface area contributed by atoms with Gasteiger partial charge in [-0.3, -0.25) is 9.59 Å². The van der Waals surface area contributed by atoms with E-state index in [1.165, 1.54) is 36.4 Å². The molecule has 2 saturated heterocycles. The quantitative estimate of drug-likeness (QED) is 0.552. The Morgan fingerprint density at radius 1 is 1.12 bits per heavy atom. The molecule has 2 aromatic carbocycles. The first kappa shape index (κ1) is 21.5. The number of urea groups is 1. The summed E-state index contributed by atoms with van der Waals surface area (Å²) in [5.74, 6) is -2.14. The SMILES string of the molecule is Cc1cc(N2CCCC2)c(F)cc1C=C1NC(=O)N(CC(=O)Nc2ccc(F)cc2)C1=O. The smallest absolute Gasteiger partial charge is 0.329 e. The largest absolute Gasteiger partial charge is 0.369 e. The van der Waals surface area contributed by atoms with Crippen LogP contribution in [0.25, 0.3) is 6.08 Å². The molecule has 2 aliphatic rings. The molecule has 2 fully saturated rings. The van der Waals surface area contributed by atoms with Gasteiger partial charge in [0.1, 0.15) is 23.9 Å². The summed E-state index contributed by atoms with van der Waals surface area (Å²) in [4.78, 5) is 39.9. The van der Waals surface area contributed by atoms with Gasteiger partial charge in [-0.05, 0) is 73.4 Å². The molecule has 0 aromatic heterocycles. The van der Waals surface area contributed by atoms with Gasteiger partial charge in [0.05, 0.1) is 5.69 Å². The van der Waals surface area contributed by atoms with Crippen LogP contribution in [0.3, 0.4) is 0 Å². The van der Waals surface area contributed by atoms with Crippen molar-refractivity contribution in [2.24, 2.45) is 0 Å². The normalized spacial score (nSPS) is 17.3. The van der Waals surface area contributed by atoms with Crippen LogP contribution in [-0.4, -0.2) is 42.4 Å². The van der Waals surface area contributed by atoms with Crippen LogP contribution >= 0.6 is 0 Å². The second-order valence-corrected chi connectivity index (χ2v) is 7.79. The van der Waals surface area contributed by atoms with Crippen LogP contribution in [0.15, 0.2) is 42.1 Å². The number of rotatable bonds is 5. The van der Waals surface area contributed by atoms with Crippen LogP contribution in [0.2, 0.25) is 0 Å². The molecule has 9 heteroatoms. The van der Waals surface area contributed by atoms with E-state index in [2.05, 4.69) is 10.6 Å². The summed E-state index contributed by atoms with van der Waals surface area (Å²) in [5.41, 5.74) is 2.05. The van der Waals surface area contributed by atoms with Crippen LogP contribution < -0.4 is 15.5 Å². The van der Waals surface area contributed by atoms with Gasteiger partial charge in [0.2, 0.25) is 5.91 Å². The maximum atomic E-state index is 14.7. The van der Waals surface area contributed by atoms with E-state index < -0.39 is 36.0 Å². The summed E-state index contributed by atoms with van der Waals surface area (Å²) >= 11 is 0. The van der Waals surface area contributed by atoms with E-state index in [1.54, 1.807) is 13.0 Å². The van der Waals surface area contributed by atoms with Gasteiger partial charge in [0, 0.05) is 18.8 Å². The number of anilines is 2. The van der Waals surface area contributed by atoms with E-state index in [9.17, 15) is 23.2 Å². The summed E-state index contributed by atoms with van der Waals surface area (Å²) in [6.07, 6.45) is 3.45. The van der Waals surface area contributed by atoms with E-state index in [-0.39, 0.29) is 5.70 Å². The average Bonchev–Trinajstić information content (AvgIpc) is 3.37. The summed E-state index contributed by atoms with van der Waals surface area (Å²) in [5, 5.41) is 4.93. The van der Waals surface area contributed by atoms with E-state index in [0.717, 1.165) is 36.4 Å². The molecule has 166 valence electrons. The molecule has 0 bridgehead atoms. The van der Waals surface area contributed by atoms with E-state index in [1.807, 2.05) is 4.90 Å². The lowest BCUT2D eigenvalue weighted by molar-refractivity contribution is -0.127. The molecule has 0 atom stereocenters. The number of amides is 4. The number of benzene rings is 2. The Balaban J connectivity index is 1.47. The van der Waals surface area contributed by atoms with E-state index >= 15 is 0 Å². The topological polar surface area (TPSA) is 81.8 Å². The first-order chi connectivity index (χ1) is 15.3. The molecule has 0 aliphatic carbocycles. The van der Waals surface area contributed by atoms with Crippen LogP contribution in [-0.2, 0) is 9.59 Å². The second-order valence-electron chi connectivity index (χ2n) is 7.79. The first-order valence-electron chi connectivity index (χ1n) is 10.3. The Morgan fingerprint density at radius 3 is 2.50 bits per heavy atom. The number of carbonyl (C=O) groups is 3. The number of aryl methyl sites for hydroxylation is 1. The predicted molar refractivity (Wildman–Crippen MR) is 116 cm³/mol. The Bertz CT molecular complexity index is 1110. The van der Waals surface area contributed by atoms with Crippen molar-refractivity contribution < 1.29 is 23.2 Å². The standard InChI is InChI=1S/C23H22F2N4O3/c1-14-10-20(28-8-2-3-9-28)18(25)11-15(14)12-19-22(31)29(23(32)27-19)13-21(30)26-17-6-4-16(24)5-7-17/h4-7,10-12H,2-3,8-9,13H2,1H3,(H,26,30)(H,27,32). The molecule has 0 unspecified atom stereocenters. The Labute approximate surface area is 183 Å². The van der Waals surface area contributed by atoms with Gasteiger partial charge in [-0.1, -0.05) is 0 Å². The van der Waals surface area contributed by atoms with Gasteiger partial charge in [0.25, 0.3) is 5.91 Å². The second kappa shape index (κ2) is 8.78. The first-order valence-corrected chi connectivity index (χ1v) is 10.3. The molecule has 0 radical (unpaired) electrons. The highest BCUT2D eigenvalue weighted by molar-refractivity contribution is 6.16. The fourth-order valence-electron chi connectivity index (χ4n) is 3.79. The third kappa shape index (κ3) is 4.46. The molecule has 7 nitrogen and oxygen atoms in total. The fourth-order valence-corrected chi connectivity index (χ4v) is 3.79. The minimum atomic E-state index is -0.748. The zero-order chi connectivity index (χ0) is 22.8. The maximum Gasteiger partial charge on any atom is 0.329 e. The Kier molecular flexibility index (Phi) is 5.89. The number of hydrogen-bond donors (Lipinski definition) is 2. The lowest BCUT2D eigenvalue weighted by atomic mass is 10.1. The number of halogens is 2. The molecule has 2 N–H and O–H groups in total. The average molecular weight is 440 g/mol. The summed E-state index contributed by atoms with van der Waals surface area (Å²) in [7, 11) is 0. The zero-order valence-electron chi connectivity index (χ0n) is 17.5. The number of nitrogens with zero attached hydrogens (tertiary/aromatic N) is 2. The van der Waals surface area contributed by atoms with Crippen molar-refractivity contribution in [2.45, 2.75) is 19.8 Å². The minimum absolute atomic E-state index is 0.0407. The monoisotopic (exact) mass is 440 g/mol. The van der Waals surface area contributed by atoms with Crippen molar-refractivity contribution in [3.63, 3.8) is 0 Å². The summed E-state index contributed by atoms with van der Waals surface area (Å²) in [6.45, 7) is 2.90. The Morgan fingerprint density at radius 2 is 1.81 bits per heavy atom. The summed E-state index contributed by atoms with van der Waals surface area (Å²) < 4.78 is 27.7. The molecule has 2 heterocycles. The third-order valence-corrected chi connectivity index (χ3v) is 5.47. The van der Waals surface area contributed by atoms with Crippen LogP contribution in [0.5, 0.6) is 0 Å². The molecule has 4 rings (SSSR count). The van der Waals surface area contributed by atoms with E-state index in [4.69, 9.17) is 0 Å². The van der Waals surface area contributed by atoms with Crippen molar-refractivity contribution in [2.75, 3.05) is 29.9 Å². The predicted octanol–water partition coefficient (Wildman–Crippen LogP) is 3.40. The van der Waals surface area contributed by atoms with Crippen molar-refractivity contribution in [1.29, 1.82) is 0 Å².